The summed E-state index contributed by atoms with van der Waals surface area (Å²) in [6.07, 6.45) is 1.52. The summed E-state index contributed by atoms with van der Waals surface area (Å²) in [5.74, 6) is 0.0318. The van der Waals surface area contributed by atoms with Crippen LogP contribution in [0.15, 0.2) is 0 Å². The van der Waals surface area contributed by atoms with E-state index in [2.05, 4.69) is 10.6 Å². The lowest BCUT2D eigenvalue weighted by Gasteiger charge is -2.36. The summed E-state index contributed by atoms with van der Waals surface area (Å²) in [6, 6.07) is 0.165. The van der Waals surface area contributed by atoms with Crippen molar-refractivity contribution in [3.8, 4) is 0 Å². The lowest BCUT2D eigenvalue weighted by molar-refractivity contribution is -0.123. The molecular weight excluding hydrogens is 230 g/mol. The summed E-state index contributed by atoms with van der Waals surface area (Å²) in [5, 5.41) is 16.6. The zero-order valence-electron chi connectivity index (χ0n) is 11.8. The number of hydrogen-bond donors (Lipinski definition) is 3. The van der Waals surface area contributed by atoms with E-state index in [1.807, 2.05) is 25.7 Å². The molecule has 1 heterocycles. The Bertz CT molecular complexity index is 263. The van der Waals surface area contributed by atoms with Crippen molar-refractivity contribution in [3.05, 3.63) is 0 Å². The molecule has 5 nitrogen and oxygen atoms in total. The average molecular weight is 257 g/mol. The third-order valence-electron chi connectivity index (χ3n) is 3.32. The minimum atomic E-state index is -0.640. The summed E-state index contributed by atoms with van der Waals surface area (Å²) >= 11 is 0. The monoisotopic (exact) mass is 257 g/mol. The Kier molecular flexibility index (Phi) is 6.05. The molecule has 3 N–H and O–H groups in total. The van der Waals surface area contributed by atoms with Crippen LogP contribution >= 0.6 is 0 Å². The van der Waals surface area contributed by atoms with Gasteiger partial charge in [0.05, 0.1) is 12.1 Å². The summed E-state index contributed by atoms with van der Waals surface area (Å²) < 4.78 is 0. The molecule has 5 heteroatoms. The summed E-state index contributed by atoms with van der Waals surface area (Å²) in [4.78, 5) is 13.7. The van der Waals surface area contributed by atoms with Crippen LogP contribution in [0.25, 0.3) is 0 Å². The molecule has 18 heavy (non-hydrogen) atoms. The van der Waals surface area contributed by atoms with Crippen LogP contribution in [0.1, 0.15) is 33.6 Å². The minimum Gasteiger partial charge on any atom is -0.388 e. The molecule has 1 amide bonds. The van der Waals surface area contributed by atoms with Crippen LogP contribution in [0.4, 0.5) is 0 Å². The van der Waals surface area contributed by atoms with Gasteiger partial charge in [0, 0.05) is 12.6 Å². The zero-order chi connectivity index (χ0) is 13.6. The number of aliphatic hydroxyl groups is 1. The van der Waals surface area contributed by atoms with Crippen molar-refractivity contribution in [3.63, 3.8) is 0 Å². The Balaban J connectivity index is 2.43. The first kappa shape index (κ1) is 15.4. The molecule has 106 valence electrons. The maximum Gasteiger partial charge on any atom is 0.234 e. The Labute approximate surface area is 110 Å². The number of likely N-dealkylation sites (N-methyl/N-ethyl adjacent to an activating group) is 1. The first-order valence-corrected chi connectivity index (χ1v) is 6.90. The highest BCUT2D eigenvalue weighted by Crippen LogP contribution is 2.19. The van der Waals surface area contributed by atoms with Crippen LogP contribution in [0.3, 0.4) is 0 Å². The SMILES string of the molecule is CCN(CC(=O)NC(C)C)CC1(O)CCNCC1. The van der Waals surface area contributed by atoms with Crippen molar-refractivity contribution < 1.29 is 9.90 Å². The third-order valence-corrected chi connectivity index (χ3v) is 3.32. The van der Waals surface area contributed by atoms with E-state index in [9.17, 15) is 9.90 Å². The van der Waals surface area contributed by atoms with Gasteiger partial charge in [0.15, 0.2) is 0 Å². The van der Waals surface area contributed by atoms with E-state index in [1.165, 1.54) is 0 Å². The lowest BCUT2D eigenvalue weighted by atomic mass is 9.92. The molecule has 0 spiro atoms. The maximum absolute atomic E-state index is 11.7. The molecule has 0 aliphatic carbocycles. The molecule has 0 aromatic carbocycles. The van der Waals surface area contributed by atoms with Crippen molar-refractivity contribution in [2.45, 2.75) is 45.3 Å². The van der Waals surface area contributed by atoms with Gasteiger partial charge in [-0.2, -0.15) is 0 Å². The van der Waals surface area contributed by atoms with E-state index < -0.39 is 5.60 Å². The lowest BCUT2D eigenvalue weighted by Crippen LogP contribution is -2.51. The van der Waals surface area contributed by atoms with Gasteiger partial charge in [-0.15, -0.1) is 0 Å². The van der Waals surface area contributed by atoms with Gasteiger partial charge in [-0.25, -0.2) is 0 Å². The predicted octanol–water partition coefficient (Wildman–Crippen LogP) is -0.0526. The number of nitrogens with one attached hydrogen (secondary N) is 2. The number of carbonyl (C=O) groups excluding carboxylic acids is 1. The molecule has 1 aliphatic rings. The van der Waals surface area contributed by atoms with Gasteiger partial charge >= 0.3 is 0 Å². The van der Waals surface area contributed by atoms with E-state index in [0.717, 1.165) is 32.5 Å². The molecule has 1 aliphatic heterocycles. The second-order valence-electron chi connectivity index (χ2n) is 5.50. The van der Waals surface area contributed by atoms with E-state index in [0.29, 0.717) is 13.1 Å². The normalized spacial score (nSPS) is 19.2. The highest BCUT2D eigenvalue weighted by Gasteiger charge is 2.31. The Morgan fingerprint density at radius 1 is 1.44 bits per heavy atom. The largest absolute Gasteiger partial charge is 0.388 e. The predicted molar refractivity (Wildman–Crippen MR) is 72.4 cm³/mol. The van der Waals surface area contributed by atoms with Crippen LogP contribution < -0.4 is 10.6 Å². The number of piperidine rings is 1. The molecule has 0 unspecified atom stereocenters. The average Bonchev–Trinajstić information content (AvgIpc) is 2.27. The number of amides is 1. The fourth-order valence-electron chi connectivity index (χ4n) is 2.32. The highest BCUT2D eigenvalue weighted by molar-refractivity contribution is 5.78. The maximum atomic E-state index is 11.7. The topological polar surface area (TPSA) is 64.6 Å². The quantitative estimate of drug-likeness (QED) is 0.624. The van der Waals surface area contributed by atoms with Crippen molar-refractivity contribution in [1.82, 2.24) is 15.5 Å². The molecular formula is C13H27N3O2. The highest BCUT2D eigenvalue weighted by atomic mass is 16.3. The zero-order valence-corrected chi connectivity index (χ0v) is 11.8. The van der Waals surface area contributed by atoms with Crippen molar-refractivity contribution in [2.24, 2.45) is 0 Å². The minimum absolute atomic E-state index is 0.0318. The smallest absolute Gasteiger partial charge is 0.234 e. The van der Waals surface area contributed by atoms with Crippen LogP contribution in [-0.2, 0) is 4.79 Å². The Morgan fingerprint density at radius 3 is 2.56 bits per heavy atom. The van der Waals surface area contributed by atoms with Crippen molar-refractivity contribution in [2.75, 3.05) is 32.7 Å². The van der Waals surface area contributed by atoms with E-state index in [-0.39, 0.29) is 11.9 Å². The fourth-order valence-corrected chi connectivity index (χ4v) is 2.32. The molecule has 0 saturated carbocycles. The first-order chi connectivity index (χ1) is 8.45. The second-order valence-corrected chi connectivity index (χ2v) is 5.50. The molecule has 0 radical (unpaired) electrons. The number of hydrogen-bond acceptors (Lipinski definition) is 4. The first-order valence-electron chi connectivity index (χ1n) is 6.90. The van der Waals surface area contributed by atoms with Crippen LogP contribution in [0.5, 0.6) is 0 Å². The molecule has 0 bridgehead atoms. The van der Waals surface area contributed by atoms with Gasteiger partial charge in [-0.1, -0.05) is 6.92 Å². The van der Waals surface area contributed by atoms with Gasteiger partial charge in [0.2, 0.25) is 5.91 Å². The van der Waals surface area contributed by atoms with Crippen LogP contribution in [-0.4, -0.2) is 60.3 Å². The summed E-state index contributed by atoms with van der Waals surface area (Å²) in [6.45, 7) is 9.36. The molecule has 1 rings (SSSR count). The standard InChI is InChI=1S/C13H27N3O2/c1-4-16(9-12(17)15-11(2)3)10-13(18)5-7-14-8-6-13/h11,14,18H,4-10H2,1-3H3,(H,15,17). The van der Waals surface area contributed by atoms with Gasteiger partial charge in [-0.05, 0) is 46.3 Å². The van der Waals surface area contributed by atoms with E-state index >= 15 is 0 Å². The summed E-state index contributed by atoms with van der Waals surface area (Å²) in [5.41, 5.74) is -0.640. The number of nitrogens with zero attached hydrogens (tertiary/aromatic N) is 1. The van der Waals surface area contributed by atoms with E-state index in [4.69, 9.17) is 0 Å². The fraction of sp³-hybridized carbons (Fsp3) is 0.923. The van der Waals surface area contributed by atoms with Crippen molar-refractivity contribution >= 4 is 5.91 Å². The van der Waals surface area contributed by atoms with Crippen molar-refractivity contribution in [1.29, 1.82) is 0 Å². The second kappa shape index (κ2) is 7.07. The molecule has 1 saturated heterocycles. The molecule has 1 fully saturated rings. The van der Waals surface area contributed by atoms with Crippen LogP contribution in [0.2, 0.25) is 0 Å². The molecule has 0 aromatic rings. The van der Waals surface area contributed by atoms with E-state index in [1.54, 1.807) is 0 Å². The van der Waals surface area contributed by atoms with Gasteiger partial charge in [0.1, 0.15) is 0 Å². The van der Waals surface area contributed by atoms with Gasteiger partial charge < -0.3 is 15.7 Å². The van der Waals surface area contributed by atoms with Gasteiger partial charge in [0.25, 0.3) is 0 Å². The molecule has 0 aromatic heterocycles. The number of rotatable bonds is 6. The molecule has 0 atom stereocenters. The van der Waals surface area contributed by atoms with Crippen LogP contribution in [0, 0.1) is 0 Å². The number of carbonyl (C=O) groups is 1. The van der Waals surface area contributed by atoms with Gasteiger partial charge in [-0.3, -0.25) is 9.69 Å². The summed E-state index contributed by atoms with van der Waals surface area (Å²) in [7, 11) is 0. The third kappa shape index (κ3) is 5.33. The Hall–Kier alpha value is -0.650. The Morgan fingerprint density at radius 2 is 2.06 bits per heavy atom.